The van der Waals surface area contributed by atoms with Crippen molar-refractivity contribution in [2.75, 3.05) is 6.54 Å². The number of benzene rings is 1. The maximum atomic E-state index is 12.6. The number of hydrogen-bond donors (Lipinski definition) is 1. The molecule has 116 valence electrons. The molecular formula is C16H18N2O3S. The lowest BCUT2D eigenvalue weighted by molar-refractivity contribution is -0.138. The lowest BCUT2D eigenvalue weighted by Gasteiger charge is -2.24. The number of aliphatic carboxylic acids is 1. The standard InChI is InChI=1S/C16H18N2O3S/c1-10(2)18(9-13(19)20)16(21)14-11(3)17-15(22-14)12-7-5-4-6-8-12/h4-8,10H,9H2,1-3H3,(H,19,20). The van der Waals surface area contributed by atoms with Gasteiger partial charge in [-0.2, -0.15) is 0 Å². The van der Waals surface area contributed by atoms with Gasteiger partial charge in [0.2, 0.25) is 0 Å². The number of nitrogens with zero attached hydrogens (tertiary/aromatic N) is 2. The number of carbonyl (C=O) groups excluding carboxylic acids is 1. The Morgan fingerprint density at radius 2 is 1.91 bits per heavy atom. The van der Waals surface area contributed by atoms with Gasteiger partial charge in [-0.15, -0.1) is 11.3 Å². The van der Waals surface area contributed by atoms with Gasteiger partial charge in [0.15, 0.2) is 0 Å². The van der Waals surface area contributed by atoms with Crippen LogP contribution in [0.2, 0.25) is 0 Å². The van der Waals surface area contributed by atoms with Gasteiger partial charge in [-0.1, -0.05) is 30.3 Å². The molecule has 22 heavy (non-hydrogen) atoms. The molecule has 0 spiro atoms. The minimum Gasteiger partial charge on any atom is -0.480 e. The van der Waals surface area contributed by atoms with E-state index in [4.69, 9.17) is 5.11 Å². The number of aryl methyl sites for hydroxylation is 1. The highest BCUT2D eigenvalue weighted by atomic mass is 32.1. The van der Waals surface area contributed by atoms with E-state index in [0.29, 0.717) is 10.6 Å². The summed E-state index contributed by atoms with van der Waals surface area (Å²) in [7, 11) is 0. The van der Waals surface area contributed by atoms with Crippen molar-refractivity contribution in [3.05, 3.63) is 40.9 Å². The maximum absolute atomic E-state index is 12.6. The lowest BCUT2D eigenvalue weighted by atomic mass is 10.2. The van der Waals surface area contributed by atoms with Crippen LogP contribution in [0, 0.1) is 6.92 Å². The Hall–Kier alpha value is -2.21. The Kier molecular flexibility index (Phi) is 4.92. The maximum Gasteiger partial charge on any atom is 0.323 e. The van der Waals surface area contributed by atoms with Crippen LogP contribution in [-0.2, 0) is 4.79 Å². The fourth-order valence-electron chi connectivity index (χ4n) is 2.06. The molecule has 0 fully saturated rings. The highest BCUT2D eigenvalue weighted by Gasteiger charge is 2.25. The zero-order valence-electron chi connectivity index (χ0n) is 12.7. The minimum absolute atomic E-state index is 0.190. The van der Waals surface area contributed by atoms with Crippen LogP contribution in [0.5, 0.6) is 0 Å². The van der Waals surface area contributed by atoms with E-state index in [9.17, 15) is 9.59 Å². The average molecular weight is 318 g/mol. The van der Waals surface area contributed by atoms with E-state index in [1.54, 1.807) is 20.8 Å². The first kappa shape index (κ1) is 16.2. The molecule has 1 N–H and O–H groups in total. The molecule has 6 heteroatoms. The van der Waals surface area contributed by atoms with Crippen molar-refractivity contribution >= 4 is 23.2 Å². The predicted molar refractivity (Wildman–Crippen MR) is 86.1 cm³/mol. The fourth-order valence-corrected chi connectivity index (χ4v) is 3.09. The predicted octanol–water partition coefficient (Wildman–Crippen LogP) is 3.05. The van der Waals surface area contributed by atoms with Crippen LogP contribution in [-0.4, -0.2) is 39.5 Å². The number of carboxylic acids is 1. The lowest BCUT2D eigenvalue weighted by Crippen LogP contribution is -2.40. The van der Waals surface area contributed by atoms with Gasteiger partial charge in [-0.05, 0) is 20.8 Å². The number of rotatable bonds is 5. The largest absolute Gasteiger partial charge is 0.480 e. The Morgan fingerprint density at radius 3 is 2.45 bits per heavy atom. The molecule has 0 saturated carbocycles. The number of thiazole rings is 1. The van der Waals surface area contributed by atoms with Crippen LogP contribution in [0.4, 0.5) is 0 Å². The quantitative estimate of drug-likeness (QED) is 0.920. The Bertz CT molecular complexity index is 680. The van der Waals surface area contributed by atoms with Gasteiger partial charge in [-0.3, -0.25) is 9.59 Å². The molecule has 0 saturated heterocycles. The molecule has 1 heterocycles. The minimum atomic E-state index is -1.02. The first-order valence-corrected chi connectivity index (χ1v) is 7.77. The molecule has 0 bridgehead atoms. The third-order valence-corrected chi connectivity index (χ3v) is 4.40. The summed E-state index contributed by atoms with van der Waals surface area (Å²) < 4.78 is 0. The highest BCUT2D eigenvalue weighted by Crippen LogP contribution is 2.29. The molecule has 1 amide bonds. The average Bonchev–Trinajstić information content (AvgIpc) is 2.86. The van der Waals surface area contributed by atoms with Gasteiger partial charge < -0.3 is 10.0 Å². The Morgan fingerprint density at radius 1 is 1.27 bits per heavy atom. The molecule has 0 aliphatic heterocycles. The molecule has 0 atom stereocenters. The second-order valence-electron chi connectivity index (χ2n) is 5.22. The molecule has 2 aromatic rings. The van der Waals surface area contributed by atoms with Gasteiger partial charge in [0.25, 0.3) is 5.91 Å². The Labute approximate surface area is 133 Å². The summed E-state index contributed by atoms with van der Waals surface area (Å²) in [6, 6.07) is 9.43. The smallest absolute Gasteiger partial charge is 0.323 e. The van der Waals surface area contributed by atoms with E-state index in [2.05, 4.69) is 4.98 Å². The highest BCUT2D eigenvalue weighted by molar-refractivity contribution is 7.17. The number of aromatic nitrogens is 1. The molecule has 0 radical (unpaired) electrons. The molecule has 1 aromatic heterocycles. The molecule has 0 aliphatic carbocycles. The molecule has 1 aromatic carbocycles. The van der Waals surface area contributed by atoms with E-state index in [1.807, 2.05) is 30.3 Å². The van der Waals surface area contributed by atoms with E-state index in [0.717, 1.165) is 10.6 Å². The van der Waals surface area contributed by atoms with Gasteiger partial charge in [0.05, 0.1) is 5.69 Å². The first-order valence-electron chi connectivity index (χ1n) is 6.95. The van der Waals surface area contributed by atoms with Gasteiger partial charge in [0.1, 0.15) is 16.4 Å². The third-order valence-electron chi connectivity index (χ3n) is 3.20. The summed E-state index contributed by atoms with van der Waals surface area (Å²) in [4.78, 5) is 29.9. The van der Waals surface area contributed by atoms with Crippen molar-refractivity contribution in [3.63, 3.8) is 0 Å². The van der Waals surface area contributed by atoms with Crippen LogP contribution >= 0.6 is 11.3 Å². The van der Waals surface area contributed by atoms with Gasteiger partial charge >= 0.3 is 5.97 Å². The summed E-state index contributed by atoms with van der Waals surface area (Å²) >= 11 is 1.30. The fraction of sp³-hybridized carbons (Fsp3) is 0.312. The molecule has 0 unspecified atom stereocenters. The van der Waals surface area contributed by atoms with Crippen LogP contribution in [0.3, 0.4) is 0 Å². The van der Waals surface area contributed by atoms with Gasteiger partial charge in [-0.25, -0.2) is 4.98 Å². The molecular weight excluding hydrogens is 300 g/mol. The normalized spacial score (nSPS) is 10.7. The first-order chi connectivity index (χ1) is 10.4. The van der Waals surface area contributed by atoms with Crippen LogP contribution in [0.15, 0.2) is 30.3 Å². The SMILES string of the molecule is Cc1nc(-c2ccccc2)sc1C(=O)N(CC(=O)O)C(C)C. The van der Waals surface area contributed by atoms with Crippen molar-refractivity contribution < 1.29 is 14.7 Å². The van der Waals surface area contributed by atoms with E-state index >= 15 is 0 Å². The van der Waals surface area contributed by atoms with Crippen LogP contribution in [0.25, 0.3) is 10.6 Å². The second kappa shape index (κ2) is 6.70. The number of amides is 1. The number of carbonyl (C=O) groups is 2. The number of hydrogen-bond acceptors (Lipinski definition) is 4. The summed E-state index contributed by atoms with van der Waals surface area (Å²) in [6.07, 6.45) is 0. The number of carboxylic acid groups (broad SMARTS) is 1. The zero-order chi connectivity index (χ0) is 16.3. The van der Waals surface area contributed by atoms with E-state index < -0.39 is 5.97 Å². The van der Waals surface area contributed by atoms with Crippen molar-refractivity contribution in [1.82, 2.24) is 9.88 Å². The molecule has 0 aliphatic rings. The van der Waals surface area contributed by atoms with Crippen molar-refractivity contribution in [2.24, 2.45) is 0 Å². The second-order valence-corrected chi connectivity index (χ2v) is 6.22. The summed E-state index contributed by atoms with van der Waals surface area (Å²) in [5, 5.41) is 9.74. The van der Waals surface area contributed by atoms with Gasteiger partial charge in [0, 0.05) is 11.6 Å². The zero-order valence-corrected chi connectivity index (χ0v) is 13.6. The van der Waals surface area contributed by atoms with Crippen molar-refractivity contribution in [3.8, 4) is 10.6 Å². The van der Waals surface area contributed by atoms with Crippen molar-refractivity contribution in [2.45, 2.75) is 26.8 Å². The topological polar surface area (TPSA) is 70.5 Å². The van der Waals surface area contributed by atoms with E-state index in [-0.39, 0.29) is 18.5 Å². The van der Waals surface area contributed by atoms with Crippen LogP contribution < -0.4 is 0 Å². The van der Waals surface area contributed by atoms with E-state index in [1.165, 1.54) is 16.2 Å². The Balaban J connectivity index is 2.34. The molecule has 5 nitrogen and oxygen atoms in total. The third kappa shape index (κ3) is 3.51. The monoisotopic (exact) mass is 318 g/mol. The summed E-state index contributed by atoms with van der Waals surface area (Å²) in [5.74, 6) is -1.30. The molecule has 2 rings (SSSR count). The van der Waals surface area contributed by atoms with Crippen molar-refractivity contribution in [1.29, 1.82) is 0 Å². The summed E-state index contributed by atoms with van der Waals surface area (Å²) in [6.45, 7) is 5.06. The van der Waals surface area contributed by atoms with Crippen LogP contribution in [0.1, 0.15) is 29.2 Å². The summed E-state index contributed by atoms with van der Waals surface area (Å²) in [5.41, 5.74) is 1.58.